The van der Waals surface area contributed by atoms with Crippen molar-refractivity contribution in [1.29, 1.82) is 5.41 Å². The van der Waals surface area contributed by atoms with Crippen molar-refractivity contribution in [2.24, 2.45) is 5.73 Å². The number of carbonyl (C=O) groups is 1. The third-order valence-electron chi connectivity index (χ3n) is 0.538. The molecule has 3 N–H and O–H groups in total. The minimum atomic E-state index is -0.100. The molecule has 0 atom stereocenters. The zero-order chi connectivity index (χ0) is 7.28. The number of hydrogen-bond acceptors (Lipinski definition) is 3. The molecule has 9 heavy (non-hydrogen) atoms. The van der Waals surface area contributed by atoms with E-state index in [1.165, 1.54) is 0 Å². The number of nitrogens with two attached hydrogens (primary N) is 1. The van der Waals surface area contributed by atoms with Crippen molar-refractivity contribution in [3.8, 4) is 0 Å². The van der Waals surface area contributed by atoms with Crippen molar-refractivity contribution >= 4 is 34.3 Å². The van der Waals surface area contributed by atoms with E-state index in [-0.39, 0.29) is 22.6 Å². The van der Waals surface area contributed by atoms with Crippen molar-refractivity contribution in [1.82, 2.24) is 0 Å². The lowest BCUT2D eigenvalue weighted by atomic mass is 10.5. The van der Waals surface area contributed by atoms with Crippen LogP contribution in [0.3, 0.4) is 0 Å². The number of amidine groups is 1. The topological polar surface area (TPSA) is 66.9 Å². The molecule has 3 nitrogen and oxygen atoms in total. The monoisotopic (exact) mass is 166 g/mol. The lowest BCUT2D eigenvalue weighted by molar-refractivity contribution is -0.114. The molecule has 0 spiro atoms. The van der Waals surface area contributed by atoms with E-state index in [9.17, 15) is 4.79 Å². The maximum atomic E-state index is 10.4. The summed E-state index contributed by atoms with van der Waals surface area (Å²) in [5, 5.41) is 6.66. The average molecular weight is 167 g/mol. The van der Waals surface area contributed by atoms with Gasteiger partial charge in [0.1, 0.15) is 0 Å². The standard InChI is InChI=1S/C4H7ClN2OS/c5-1-3(8)2-9-4(6)7/h1-2H2,(H3,6,7). The molecule has 0 amide bonds. The Kier molecular flexibility index (Phi) is 4.53. The molecule has 52 valence electrons. The molecule has 0 rings (SSSR count). The number of rotatable bonds is 3. The van der Waals surface area contributed by atoms with Crippen LogP contribution in [-0.4, -0.2) is 22.6 Å². The molecule has 0 aromatic carbocycles. The Morgan fingerprint density at radius 3 is 2.67 bits per heavy atom. The normalized spacial score (nSPS) is 9.00. The van der Waals surface area contributed by atoms with Gasteiger partial charge in [-0.1, -0.05) is 11.8 Å². The van der Waals surface area contributed by atoms with Gasteiger partial charge in [0.05, 0.1) is 11.6 Å². The second kappa shape index (κ2) is 4.64. The first-order chi connectivity index (χ1) is 4.16. The van der Waals surface area contributed by atoms with Crippen molar-refractivity contribution < 1.29 is 4.79 Å². The average Bonchev–Trinajstić information content (AvgIpc) is 1.83. The van der Waals surface area contributed by atoms with Gasteiger partial charge in [0, 0.05) is 0 Å². The zero-order valence-electron chi connectivity index (χ0n) is 4.69. The van der Waals surface area contributed by atoms with Crippen LogP contribution in [0.25, 0.3) is 0 Å². The molecule has 0 aromatic heterocycles. The summed E-state index contributed by atoms with van der Waals surface area (Å²) in [6.45, 7) is 0. The molecule has 0 unspecified atom stereocenters. The van der Waals surface area contributed by atoms with Gasteiger partial charge in [0.25, 0.3) is 0 Å². The molecule has 0 saturated heterocycles. The molecule has 0 aliphatic carbocycles. The number of hydrogen-bond donors (Lipinski definition) is 2. The van der Waals surface area contributed by atoms with Gasteiger partial charge in [-0.15, -0.1) is 11.6 Å². The molecule has 0 heterocycles. The highest BCUT2D eigenvalue weighted by Crippen LogP contribution is 1.97. The maximum Gasteiger partial charge on any atom is 0.157 e. The molecule has 0 aliphatic heterocycles. The Morgan fingerprint density at radius 1 is 1.78 bits per heavy atom. The SMILES string of the molecule is N=C(N)SCC(=O)CCl. The summed E-state index contributed by atoms with van der Waals surface area (Å²) in [6.07, 6.45) is 0. The van der Waals surface area contributed by atoms with E-state index in [2.05, 4.69) is 0 Å². The Morgan fingerprint density at radius 2 is 2.33 bits per heavy atom. The van der Waals surface area contributed by atoms with Crippen LogP contribution in [0.5, 0.6) is 0 Å². The van der Waals surface area contributed by atoms with Crippen LogP contribution >= 0.6 is 23.4 Å². The minimum Gasteiger partial charge on any atom is -0.379 e. The summed E-state index contributed by atoms with van der Waals surface area (Å²) in [7, 11) is 0. The summed E-state index contributed by atoms with van der Waals surface area (Å²) >= 11 is 6.15. The van der Waals surface area contributed by atoms with E-state index < -0.39 is 0 Å². The first-order valence-corrected chi connectivity index (χ1v) is 3.73. The highest BCUT2D eigenvalue weighted by atomic mass is 35.5. The molecule has 0 aliphatic rings. The Balaban J connectivity index is 3.28. The van der Waals surface area contributed by atoms with Gasteiger partial charge in [0.2, 0.25) is 0 Å². The number of halogens is 1. The summed E-state index contributed by atoms with van der Waals surface area (Å²) in [4.78, 5) is 10.4. The second-order valence-corrected chi connectivity index (χ2v) is 2.61. The maximum absolute atomic E-state index is 10.4. The fraction of sp³-hybridized carbons (Fsp3) is 0.500. The molecule has 0 radical (unpaired) electrons. The smallest absolute Gasteiger partial charge is 0.157 e. The van der Waals surface area contributed by atoms with Gasteiger partial charge in [-0.3, -0.25) is 10.2 Å². The number of Topliss-reactive ketones (excluding diaryl/α,β-unsaturated/α-hetero) is 1. The van der Waals surface area contributed by atoms with Crippen LogP contribution in [0.15, 0.2) is 0 Å². The predicted octanol–water partition coefficient (Wildman–Crippen LogP) is 0.421. The Hall–Kier alpha value is -0.220. The quantitative estimate of drug-likeness (QED) is 0.363. The van der Waals surface area contributed by atoms with Crippen LogP contribution < -0.4 is 5.73 Å². The van der Waals surface area contributed by atoms with Crippen molar-refractivity contribution in [2.75, 3.05) is 11.6 Å². The van der Waals surface area contributed by atoms with Gasteiger partial charge in [-0.2, -0.15) is 0 Å². The van der Waals surface area contributed by atoms with E-state index in [4.69, 9.17) is 22.7 Å². The number of alkyl halides is 1. The predicted molar refractivity (Wildman–Crippen MR) is 40.1 cm³/mol. The molecule has 0 aromatic rings. The minimum absolute atomic E-state index is 0.000278. The lowest BCUT2D eigenvalue weighted by Crippen LogP contribution is -2.10. The van der Waals surface area contributed by atoms with E-state index in [1.54, 1.807) is 0 Å². The van der Waals surface area contributed by atoms with Crippen LogP contribution in [0.4, 0.5) is 0 Å². The van der Waals surface area contributed by atoms with Crippen molar-refractivity contribution in [3.63, 3.8) is 0 Å². The first kappa shape index (κ1) is 8.78. The van der Waals surface area contributed by atoms with Gasteiger partial charge in [-0.25, -0.2) is 0 Å². The van der Waals surface area contributed by atoms with Crippen molar-refractivity contribution in [3.05, 3.63) is 0 Å². The number of nitrogens with one attached hydrogen (secondary N) is 1. The molecule has 5 heteroatoms. The highest BCUT2D eigenvalue weighted by Gasteiger charge is 1.99. The summed E-state index contributed by atoms with van der Waals surface area (Å²) in [6, 6.07) is 0. The largest absolute Gasteiger partial charge is 0.379 e. The van der Waals surface area contributed by atoms with Gasteiger partial charge < -0.3 is 5.73 Å². The van der Waals surface area contributed by atoms with Crippen LogP contribution in [0, 0.1) is 5.41 Å². The number of carbonyl (C=O) groups excluding carboxylic acids is 1. The van der Waals surface area contributed by atoms with Gasteiger partial charge in [-0.05, 0) is 0 Å². The summed E-state index contributed by atoms with van der Waals surface area (Å²) in [5.74, 6) is 0.107. The van der Waals surface area contributed by atoms with E-state index in [0.717, 1.165) is 11.8 Å². The fourth-order valence-electron chi connectivity index (χ4n) is 0.197. The van der Waals surface area contributed by atoms with Gasteiger partial charge in [0.15, 0.2) is 11.0 Å². The molecule has 0 saturated carbocycles. The van der Waals surface area contributed by atoms with Crippen LogP contribution in [-0.2, 0) is 4.79 Å². The molecule has 0 bridgehead atoms. The zero-order valence-corrected chi connectivity index (χ0v) is 6.26. The summed E-state index contributed by atoms with van der Waals surface area (Å²) < 4.78 is 0. The van der Waals surface area contributed by atoms with E-state index >= 15 is 0 Å². The van der Waals surface area contributed by atoms with Gasteiger partial charge >= 0.3 is 0 Å². The molecular weight excluding hydrogens is 160 g/mol. The third-order valence-corrected chi connectivity index (χ3v) is 1.61. The fourth-order valence-corrected chi connectivity index (χ4v) is 0.822. The molecule has 0 fully saturated rings. The second-order valence-electron chi connectivity index (χ2n) is 1.33. The highest BCUT2D eigenvalue weighted by molar-refractivity contribution is 8.14. The summed E-state index contributed by atoms with van der Waals surface area (Å²) in [5.41, 5.74) is 4.95. The van der Waals surface area contributed by atoms with Crippen molar-refractivity contribution in [2.45, 2.75) is 0 Å². The number of ketones is 1. The van der Waals surface area contributed by atoms with E-state index in [0.29, 0.717) is 0 Å². The molecular formula is C4H7ClN2OS. The Bertz CT molecular complexity index is 128. The number of thioether (sulfide) groups is 1. The first-order valence-electron chi connectivity index (χ1n) is 2.21. The lowest BCUT2D eigenvalue weighted by Gasteiger charge is -1.92. The Labute approximate surface area is 62.4 Å². The van der Waals surface area contributed by atoms with Crippen LogP contribution in [0.2, 0.25) is 0 Å². The van der Waals surface area contributed by atoms with Crippen LogP contribution in [0.1, 0.15) is 0 Å². The van der Waals surface area contributed by atoms with E-state index in [1.807, 2.05) is 0 Å². The third kappa shape index (κ3) is 5.65.